The first kappa shape index (κ1) is 22.5. The van der Waals surface area contributed by atoms with E-state index in [2.05, 4.69) is 15.4 Å². The summed E-state index contributed by atoms with van der Waals surface area (Å²) in [7, 11) is 4.67. The Balaban J connectivity index is 1.56. The molecule has 180 valence electrons. The summed E-state index contributed by atoms with van der Waals surface area (Å²) in [6.45, 7) is 0. The average Bonchev–Trinajstić information content (AvgIpc) is 3.34. The molecule has 10 nitrogen and oxygen atoms in total. The standard InChI is InChI=1S/C25H24N4O6/c1-33-19-10-16(11-20(34-2)23(19)35-3)15-8-17-21(18(30)9-15)22(29-25(28-17)26-12-27-29)13-4-6-14(7-5-13)24(31)32/h4-7,10-12,15,22H,8-9H2,1-3H3,(H,31,32)(H,26,27,28)/t15-,22+/m1/s1. The van der Waals surface area contributed by atoms with E-state index < -0.39 is 12.0 Å². The third-order valence-electron chi connectivity index (χ3n) is 6.49. The molecule has 2 aliphatic rings. The summed E-state index contributed by atoms with van der Waals surface area (Å²) in [5.74, 6) is 0.927. The summed E-state index contributed by atoms with van der Waals surface area (Å²) in [4.78, 5) is 29.2. The quantitative estimate of drug-likeness (QED) is 0.550. The fourth-order valence-corrected chi connectivity index (χ4v) is 4.84. The van der Waals surface area contributed by atoms with Crippen molar-refractivity contribution in [3.63, 3.8) is 0 Å². The minimum atomic E-state index is -1.01. The van der Waals surface area contributed by atoms with Gasteiger partial charge in [0.15, 0.2) is 17.3 Å². The molecular formula is C25H24N4O6. The van der Waals surface area contributed by atoms with Crippen LogP contribution in [-0.4, -0.2) is 53.0 Å². The molecule has 2 aromatic carbocycles. The monoisotopic (exact) mass is 476 g/mol. The second-order valence-corrected chi connectivity index (χ2v) is 8.36. The summed E-state index contributed by atoms with van der Waals surface area (Å²) in [5, 5.41) is 16.9. The highest BCUT2D eigenvalue weighted by Crippen LogP contribution is 2.47. The van der Waals surface area contributed by atoms with Gasteiger partial charge in [0.2, 0.25) is 11.7 Å². The van der Waals surface area contributed by atoms with Crippen molar-refractivity contribution in [3.8, 4) is 17.2 Å². The van der Waals surface area contributed by atoms with E-state index in [4.69, 9.17) is 14.2 Å². The Bertz CT molecular complexity index is 1320. The molecular weight excluding hydrogens is 452 g/mol. The zero-order valence-corrected chi connectivity index (χ0v) is 19.4. The van der Waals surface area contributed by atoms with Crippen molar-refractivity contribution in [2.24, 2.45) is 0 Å². The molecule has 5 rings (SSSR count). The number of nitrogens with one attached hydrogen (secondary N) is 1. The van der Waals surface area contributed by atoms with Crippen LogP contribution in [0.1, 0.15) is 46.3 Å². The number of allylic oxidation sites excluding steroid dienone is 2. The Labute approximate surface area is 201 Å². The highest BCUT2D eigenvalue weighted by Gasteiger charge is 2.39. The molecule has 1 aliphatic heterocycles. The van der Waals surface area contributed by atoms with Gasteiger partial charge in [0.25, 0.3) is 0 Å². The number of carbonyl (C=O) groups excluding carboxylic acids is 1. The van der Waals surface area contributed by atoms with E-state index in [1.54, 1.807) is 38.1 Å². The number of benzene rings is 2. The summed E-state index contributed by atoms with van der Waals surface area (Å²) in [6, 6.07) is 9.74. The van der Waals surface area contributed by atoms with Crippen LogP contribution in [0.5, 0.6) is 17.2 Å². The number of aromatic carboxylic acids is 1. The number of carbonyl (C=O) groups is 2. The topological polar surface area (TPSA) is 125 Å². The lowest BCUT2D eigenvalue weighted by atomic mass is 9.77. The van der Waals surface area contributed by atoms with Gasteiger partial charge in [-0.2, -0.15) is 10.1 Å². The maximum atomic E-state index is 13.6. The van der Waals surface area contributed by atoms with Crippen LogP contribution in [-0.2, 0) is 4.79 Å². The van der Waals surface area contributed by atoms with Gasteiger partial charge in [-0.1, -0.05) is 12.1 Å². The predicted octanol–water partition coefficient (Wildman–Crippen LogP) is 3.42. The van der Waals surface area contributed by atoms with Crippen LogP contribution in [0, 0.1) is 0 Å². The van der Waals surface area contributed by atoms with Crippen LogP contribution in [0.4, 0.5) is 5.95 Å². The number of carboxylic acid groups (broad SMARTS) is 1. The van der Waals surface area contributed by atoms with Gasteiger partial charge in [0.05, 0.1) is 26.9 Å². The second kappa shape index (κ2) is 8.79. The van der Waals surface area contributed by atoms with E-state index in [9.17, 15) is 14.7 Å². The highest BCUT2D eigenvalue weighted by atomic mass is 16.5. The first-order valence-corrected chi connectivity index (χ1v) is 11.0. The van der Waals surface area contributed by atoms with E-state index in [1.807, 2.05) is 12.1 Å². The Hall–Kier alpha value is -4.34. The predicted molar refractivity (Wildman–Crippen MR) is 125 cm³/mol. The third-order valence-corrected chi connectivity index (χ3v) is 6.49. The fourth-order valence-electron chi connectivity index (χ4n) is 4.84. The van der Waals surface area contributed by atoms with Gasteiger partial charge < -0.3 is 24.6 Å². The number of ketones is 1. The Morgan fingerprint density at radius 2 is 1.71 bits per heavy atom. The number of Topliss-reactive ketones (excluding diaryl/α,β-unsaturated/α-hetero) is 1. The van der Waals surface area contributed by atoms with Gasteiger partial charge in [-0.3, -0.25) is 4.79 Å². The van der Waals surface area contributed by atoms with Gasteiger partial charge in [-0.15, -0.1) is 0 Å². The first-order chi connectivity index (χ1) is 16.9. The number of nitrogens with zero attached hydrogens (tertiary/aromatic N) is 3. The molecule has 3 aromatic rings. The van der Waals surface area contributed by atoms with Gasteiger partial charge in [-0.05, 0) is 47.7 Å². The number of carboxylic acids is 1. The molecule has 1 aliphatic carbocycles. The SMILES string of the molecule is COc1cc([C@H]2CC(=O)C3=C(C2)Nc2ncnn2[C@H]3c2ccc(C(=O)O)cc2)cc(OC)c1OC. The van der Waals surface area contributed by atoms with Crippen LogP contribution in [0.15, 0.2) is 54.0 Å². The molecule has 0 amide bonds. The largest absolute Gasteiger partial charge is 0.493 e. The lowest BCUT2D eigenvalue weighted by Crippen LogP contribution is -2.33. The zero-order valence-electron chi connectivity index (χ0n) is 19.4. The summed E-state index contributed by atoms with van der Waals surface area (Å²) in [6.07, 6.45) is 2.28. The van der Waals surface area contributed by atoms with Crippen molar-refractivity contribution in [1.29, 1.82) is 0 Å². The van der Waals surface area contributed by atoms with Crippen molar-refractivity contribution in [2.75, 3.05) is 26.6 Å². The maximum absolute atomic E-state index is 13.6. The molecule has 0 spiro atoms. The lowest BCUT2D eigenvalue weighted by Gasteiger charge is -2.35. The van der Waals surface area contributed by atoms with Crippen molar-refractivity contribution in [3.05, 3.63) is 70.7 Å². The summed E-state index contributed by atoms with van der Waals surface area (Å²) < 4.78 is 18.1. The van der Waals surface area contributed by atoms with Gasteiger partial charge in [-0.25, -0.2) is 9.48 Å². The van der Waals surface area contributed by atoms with Crippen LogP contribution in [0.25, 0.3) is 0 Å². The Morgan fingerprint density at radius 1 is 1.03 bits per heavy atom. The van der Waals surface area contributed by atoms with Gasteiger partial charge in [0, 0.05) is 17.7 Å². The molecule has 1 aromatic heterocycles. The van der Waals surface area contributed by atoms with Crippen LogP contribution in [0.2, 0.25) is 0 Å². The van der Waals surface area contributed by atoms with Crippen LogP contribution < -0.4 is 19.5 Å². The fraction of sp³-hybridized carbons (Fsp3) is 0.280. The zero-order chi connectivity index (χ0) is 24.7. The highest BCUT2D eigenvalue weighted by molar-refractivity contribution is 6.00. The molecule has 2 heterocycles. The molecule has 2 atom stereocenters. The normalized spacial score (nSPS) is 18.9. The molecule has 0 fully saturated rings. The van der Waals surface area contributed by atoms with Crippen molar-refractivity contribution in [1.82, 2.24) is 14.8 Å². The maximum Gasteiger partial charge on any atom is 0.335 e. The van der Waals surface area contributed by atoms with Crippen molar-refractivity contribution >= 4 is 17.7 Å². The van der Waals surface area contributed by atoms with Crippen LogP contribution >= 0.6 is 0 Å². The molecule has 0 bridgehead atoms. The Kier molecular flexibility index (Phi) is 5.64. The lowest BCUT2D eigenvalue weighted by molar-refractivity contribution is -0.116. The van der Waals surface area contributed by atoms with Crippen LogP contribution in [0.3, 0.4) is 0 Å². The first-order valence-electron chi connectivity index (χ1n) is 11.0. The molecule has 2 N–H and O–H groups in total. The number of ether oxygens (including phenoxy) is 3. The molecule has 0 radical (unpaired) electrons. The van der Waals surface area contributed by atoms with Crippen molar-refractivity contribution < 1.29 is 28.9 Å². The number of methoxy groups -OCH3 is 3. The van der Waals surface area contributed by atoms with Gasteiger partial charge >= 0.3 is 5.97 Å². The molecule has 0 saturated heterocycles. The number of hydrogen-bond donors (Lipinski definition) is 2. The van der Waals surface area contributed by atoms with Gasteiger partial charge in [0.1, 0.15) is 12.4 Å². The van der Waals surface area contributed by atoms with E-state index in [-0.39, 0.29) is 23.7 Å². The molecule has 10 heteroatoms. The number of fused-ring (bicyclic) bond motifs is 1. The molecule has 0 saturated carbocycles. The number of anilines is 1. The number of rotatable bonds is 6. The van der Waals surface area contributed by atoms with E-state index >= 15 is 0 Å². The number of aromatic nitrogens is 3. The Morgan fingerprint density at radius 3 is 2.31 bits per heavy atom. The summed E-state index contributed by atoms with van der Waals surface area (Å²) in [5.41, 5.74) is 3.21. The number of hydrogen-bond acceptors (Lipinski definition) is 8. The molecule has 35 heavy (non-hydrogen) atoms. The van der Waals surface area contributed by atoms with E-state index in [0.717, 1.165) is 16.8 Å². The second-order valence-electron chi connectivity index (χ2n) is 8.36. The smallest absolute Gasteiger partial charge is 0.335 e. The summed E-state index contributed by atoms with van der Waals surface area (Å²) >= 11 is 0. The third kappa shape index (κ3) is 3.76. The van der Waals surface area contributed by atoms with Crippen molar-refractivity contribution in [2.45, 2.75) is 24.8 Å². The minimum Gasteiger partial charge on any atom is -0.493 e. The average molecular weight is 476 g/mol. The molecule has 0 unspecified atom stereocenters. The van der Waals surface area contributed by atoms with E-state index in [1.165, 1.54) is 18.5 Å². The minimum absolute atomic E-state index is 0.0223. The van der Waals surface area contributed by atoms with E-state index in [0.29, 0.717) is 35.2 Å².